The minimum Gasteiger partial charge on any atom is -0.348 e. The van der Waals surface area contributed by atoms with E-state index in [1.807, 2.05) is 30.3 Å². The van der Waals surface area contributed by atoms with Crippen molar-refractivity contribution in [1.82, 2.24) is 5.32 Å². The van der Waals surface area contributed by atoms with Crippen LogP contribution in [0.3, 0.4) is 0 Å². The fourth-order valence-electron chi connectivity index (χ4n) is 2.18. The Morgan fingerprint density at radius 1 is 1.00 bits per heavy atom. The van der Waals surface area contributed by atoms with Gasteiger partial charge in [0.1, 0.15) is 0 Å². The van der Waals surface area contributed by atoms with Crippen molar-refractivity contribution in [1.29, 1.82) is 0 Å². The zero-order valence-electron chi connectivity index (χ0n) is 12.5. The van der Waals surface area contributed by atoms with Gasteiger partial charge in [-0.1, -0.05) is 49.4 Å². The number of amides is 1. The van der Waals surface area contributed by atoms with E-state index < -0.39 is 9.84 Å². The molecule has 0 unspecified atom stereocenters. The summed E-state index contributed by atoms with van der Waals surface area (Å²) >= 11 is 0. The third-order valence-electron chi connectivity index (χ3n) is 3.24. The number of nitrogens with one attached hydrogen (secondary N) is 1. The van der Waals surface area contributed by atoms with Crippen LogP contribution in [0.4, 0.5) is 0 Å². The molecule has 1 N–H and O–H groups in total. The van der Waals surface area contributed by atoms with Crippen LogP contribution < -0.4 is 5.32 Å². The van der Waals surface area contributed by atoms with Crippen molar-refractivity contribution < 1.29 is 13.2 Å². The molecule has 0 aliphatic heterocycles. The molecule has 0 heterocycles. The Kier molecular flexibility index (Phi) is 5.33. The second kappa shape index (κ2) is 7.22. The predicted molar refractivity (Wildman–Crippen MR) is 86.4 cm³/mol. The summed E-state index contributed by atoms with van der Waals surface area (Å²) in [4.78, 5) is 12.4. The maximum atomic E-state index is 12.3. The molecule has 2 aromatic carbocycles. The van der Waals surface area contributed by atoms with Gasteiger partial charge in [0.05, 0.1) is 16.2 Å². The molecule has 0 spiro atoms. The first-order chi connectivity index (χ1) is 10.5. The number of benzene rings is 2. The maximum absolute atomic E-state index is 12.3. The zero-order chi connectivity index (χ0) is 16.0. The Bertz CT molecular complexity index is 740. The van der Waals surface area contributed by atoms with Gasteiger partial charge in [0.2, 0.25) is 0 Å². The van der Waals surface area contributed by atoms with Crippen LogP contribution in [0.25, 0.3) is 0 Å². The van der Waals surface area contributed by atoms with Crippen LogP contribution in [-0.2, 0) is 16.4 Å². The third-order valence-corrected chi connectivity index (χ3v) is 5.21. The summed E-state index contributed by atoms with van der Waals surface area (Å²) in [6.07, 6.45) is 0.516. The molecule has 0 bridgehead atoms. The summed E-state index contributed by atoms with van der Waals surface area (Å²) in [5.74, 6) is -0.338. The zero-order valence-corrected chi connectivity index (χ0v) is 13.3. The van der Waals surface area contributed by atoms with Gasteiger partial charge in [-0.3, -0.25) is 4.79 Å². The molecule has 0 aliphatic carbocycles. The Morgan fingerprint density at radius 3 is 2.32 bits per heavy atom. The molecule has 4 nitrogen and oxygen atoms in total. The van der Waals surface area contributed by atoms with Crippen LogP contribution in [0, 0.1) is 0 Å². The monoisotopic (exact) mass is 317 g/mol. The number of carbonyl (C=O) groups is 1. The van der Waals surface area contributed by atoms with Crippen molar-refractivity contribution in [3.8, 4) is 0 Å². The summed E-state index contributed by atoms with van der Waals surface area (Å²) in [7, 11) is -3.43. The summed E-state index contributed by atoms with van der Waals surface area (Å²) in [5.41, 5.74) is 1.16. The highest BCUT2D eigenvalue weighted by Crippen LogP contribution is 2.18. The van der Waals surface area contributed by atoms with Crippen molar-refractivity contribution in [3.63, 3.8) is 0 Å². The fraction of sp³-hybridized carbons (Fsp3) is 0.235. The molecule has 116 valence electrons. The van der Waals surface area contributed by atoms with Crippen molar-refractivity contribution in [3.05, 3.63) is 65.7 Å². The molecule has 0 fully saturated rings. The van der Waals surface area contributed by atoms with E-state index >= 15 is 0 Å². The molecule has 0 aliphatic rings. The average Bonchev–Trinajstić information content (AvgIpc) is 2.53. The van der Waals surface area contributed by atoms with E-state index in [0.29, 0.717) is 13.0 Å². The number of sulfone groups is 1. The van der Waals surface area contributed by atoms with E-state index in [2.05, 4.69) is 5.32 Å². The lowest BCUT2D eigenvalue weighted by atomic mass is 10.2. The summed E-state index contributed by atoms with van der Waals surface area (Å²) in [6, 6.07) is 15.8. The van der Waals surface area contributed by atoms with Gasteiger partial charge in [-0.25, -0.2) is 8.42 Å². The standard InChI is InChI=1S/C17H19NO3S/c1-2-12-22(20,21)16-11-7-6-10-15(16)17(19)18-13-14-8-4-3-5-9-14/h3-11H,2,12-13H2,1H3,(H,18,19). The fourth-order valence-corrected chi connectivity index (χ4v) is 3.72. The summed E-state index contributed by atoms with van der Waals surface area (Å²) in [6.45, 7) is 2.16. The highest BCUT2D eigenvalue weighted by Gasteiger charge is 2.21. The van der Waals surface area contributed by atoms with Crippen LogP contribution >= 0.6 is 0 Å². The molecule has 22 heavy (non-hydrogen) atoms. The lowest BCUT2D eigenvalue weighted by molar-refractivity contribution is 0.0947. The van der Waals surface area contributed by atoms with Gasteiger partial charge in [0, 0.05) is 6.54 Å². The van der Waals surface area contributed by atoms with E-state index in [1.165, 1.54) is 6.07 Å². The number of hydrogen-bond acceptors (Lipinski definition) is 3. The van der Waals surface area contributed by atoms with Crippen LogP contribution in [0.5, 0.6) is 0 Å². The molecule has 0 saturated heterocycles. The van der Waals surface area contributed by atoms with Crippen LogP contribution in [-0.4, -0.2) is 20.1 Å². The SMILES string of the molecule is CCCS(=O)(=O)c1ccccc1C(=O)NCc1ccccc1. The lowest BCUT2D eigenvalue weighted by Crippen LogP contribution is -2.25. The van der Waals surface area contributed by atoms with Crippen molar-refractivity contribution in [2.75, 3.05) is 5.75 Å². The topological polar surface area (TPSA) is 63.2 Å². The number of rotatable bonds is 6. The van der Waals surface area contributed by atoms with Crippen LogP contribution in [0.1, 0.15) is 29.3 Å². The molecule has 0 aromatic heterocycles. The van der Waals surface area contributed by atoms with E-state index in [1.54, 1.807) is 25.1 Å². The van der Waals surface area contributed by atoms with Crippen LogP contribution in [0.15, 0.2) is 59.5 Å². The summed E-state index contributed by atoms with van der Waals surface area (Å²) in [5, 5.41) is 2.77. The van der Waals surface area contributed by atoms with Crippen molar-refractivity contribution in [2.24, 2.45) is 0 Å². The Hall–Kier alpha value is -2.14. The smallest absolute Gasteiger partial charge is 0.252 e. The van der Waals surface area contributed by atoms with Gasteiger partial charge in [0.15, 0.2) is 9.84 Å². The first kappa shape index (κ1) is 16.2. The summed E-state index contributed by atoms with van der Waals surface area (Å²) < 4.78 is 24.5. The van der Waals surface area contributed by atoms with Gasteiger partial charge >= 0.3 is 0 Å². The van der Waals surface area contributed by atoms with E-state index in [9.17, 15) is 13.2 Å². The van der Waals surface area contributed by atoms with Gasteiger partial charge in [-0.2, -0.15) is 0 Å². The highest BCUT2D eigenvalue weighted by molar-refractivity contribution is 7.91. The predicted octanol–water partition coefficient (Wildman–Crippen LogP) is 2.80. The minimum atomic E-state index is -3.43. The molecule has 5 heteroatoms. The van der Waals surface area contributed by atoms with Gasteiger partial charge < -0.3 is 5.32 Å². The normalized spacial score (nSPS) is 11.1. The van der Waals surface area contributed by atoms with Crippen LogP contribution in [0.2, 0.25) is 0 Å². The number of hydrogen-bond donors (Lipinski definition) is 1. The molecular formula is C17H19NO3S. The highest BCUT2D eigenvalue weighted by atomic mass is 32.2. The quantitative estimate of drug-likeness (QED) is 0.891. The van der Waals surface area contributed by atoms with Crippen molar-refractivity contribution >= 4 is 15.7 Å². The third kappa shape index (κ3) is 3.95. The number of carbonyl (C=O) groups excluding carboxylic acids is 1. The molecule has 0 radical (unpaired) electrons. The molecular weight excluding hydrogens is 298 g/mol. The van der Waals surface area contributed by atoms with Crippen molar-refractivity contribution in [2.45, 2.75) is 24.8 Å². The first-order valence-corrected chi connectivity index (χ1v) is 8.83. The van der Waals surface area contributed by atoms with E-state index in [-0.39, 0.29) is 22.1 Å². The Balaban J connectivity index is 2.20. The molecule has 2 aromatic rings. The molecule has 2 rings (SSSR count). The average molecular weight is 317 g/mol. The van der Waals surface area contributed by atoms with E-state index in [4.69, 9.17) is 0 Å². The second-order valence-corrected chi connectivity index (χ2v) is 7.06. The Morgan fingerprint density at radius 2 is 1.64 bits per heavy atom. The lowest BCUT2D eigenvalue weighted by Gasteiger charge is -2.10. The Labute approximate surface area is 131 Å². The molecule has 0 saturated carbocycles. The van der Waals surface area contributed by atoms with Gasteiger partial charge in [-0.15, -0.1) is 0 Å². The maximum Gasteiger partial charge on any atom is 0.252 e. The van der Waals surface area contributed by atoms with Gasteiger partial charge in [0.25, 0.3) is 5.91 Å². The van der Waals surface area contributed by atoms with Gasteiger partial charge in [-0.05, 0) is 24.1 Å². The molecule has 0 atom stereocenters. The minimum absolute atomic E-state index is 0.0377. The second-order valence-electron chi connectivity index (χ2n) is 4.98. The first-order valence-electron chi connectivity index (χ1n) is 7.18. The molecule has 1 amide bonds. The van der Waals surface area contributed by atoms with E-state index in [0.717, 1.165) is 5.56 Å². The largest absolute Gasteiger partial charge is 0.348 e.